The van der Waals surface area contributed by atoms with Gasteiger partial charge in [-0.05, 0) is 43.3 Å². The third kappa shape index (κ3) is 3.71. The van der Waals surface area contributed by atoms with Crippen LogP contribution in [0.25, 0.3) is 11.3 Å². The molecular weight excluding hydrogens is 328 g/mol. The summed E-state index contributed by atoms with van der Waals surface area (Å²) in [5.41, 5.74) is 1.56. The molecule has 128 valence electrons. The molecule has 0 unspecified atom stereocenters. The van der Waals surface area contributed by atoms with Crippen LogP contribution in [-0.4, -0.2) is 27.3 Å². The zero-order chi connectivity index (χ0) is 17.8. The molecule has 2 aromatic heterocycles. The van der Waals surface area contributed by atoms with Crippen LogP contribution in [0.4, 0.5) is 8.78 Å². The topological polar surface area (TPSA) is 57.0 Å². The van der Waals surface area contributed by atoms with Gasteiger partial charge in [0.05, 0.1) is 18.8 Å². The van der Waals surface area contributed by atoms with Crippen molar-refractivity contribution in [3.8, 4) is 11.3 Å². The summed E-state index contributed by atoms with van der Waals surface area (Å²) in [5, 5.41) is 4.20. The molecule has 0 aliphatic carbocycles. The van der Waals surface area contributed by atoms with E-state index >= 15 is 0 Å². The molecule has 25 heavy (non-hydrogen) atoms. The second-order valence-electron chi connectivity index (χ2n) is 5.26. The van der Waals surface area contributed by atoms with Gasteiger partial charge < -0.3 is 4.74 Å². The van der Waals surface area contributed by atoms with Crippen LogP contribution in [-0.2, 0) is 11.3 Å². The average molecular weight is 343 g/mol. The van der Waals surface area contributed by atoms with Gasteiger partial charge in [-0.3, -0.25) is 9.67 Å². The molecule has 3 rings (SSSR count). The minimum absolute atomic E-state index is 0.0271. The fraction of sp³-hybridized carbons (Fsp3) is 0.167. The lowest BCUT2D eigenvalue weighted by Crippen LogP contribution is -2.09. The van der Waals surface area contributed by atoms with Crippen molar-refractivity contribution >= 4 is 5.97 Å². The Bertz CT molecular complexity index is 895. The molecule has 0 bridgehead atoms. The summed E-state index contributed by atoms with van der Waals surface area (Å²) >= 11 is 0. The Balaban J connectivity index is 2.04. The second-order valence-corrected chi connectivity index (χ2v) is 5.26. The maximum absolute atomic E-state index is 14.0. The molecule has 0 aliphatic rings. The van der Waals surface area contributed by atoms with E-state index in [1.165, 1.54) is 4.68 Å². The van der Waals surface area contributed by atoms with E-state index in [1.54, 1.807) is 37.5 Å². The van der Waals surface area contributed by atoms with Crippen LogP contribution in [0.5, 0.6) is 0 Å². The monoisotopic (exact) mass is 343 g/mol. The van der Waals surface area contributed by atoms with Gasteiger partial charge in [-0.2, -0.15) is 5.10 Å². The molecular formula is C18H15F2N3O2. The van der Waals surface area contributed by atoms with Crippen LogP contribution in [0.3, 0.4) is 0 Å². The Morgan fingerprint density at radius 3 is 2.64 bits per heavy atom. The molecule has 0 saturated carbocycles. The van der Waals surface area contributed by atoms with Gasteiger partial charge in [-0.25, -0.2) is 13.6 Å². The first-order chi connectivity index (χ1) is 12.1. The number of halogens is 2. The van der Waals surface area contributed by atoms with Gasteiger partial charge in [0.25, 0.3) is 0 Å². The Kier molecular flexibility index (Phi) is 4.83. The van der Waals surface area contributed by atoms with Crippen LogP contribution in [0, 0.1) is 11.6 Å². The molecule has 3 aromatic rings. The summed E-state index contributed by atoms with van der Waals surface area (Å²) in [5.74, 6) is -1.66. The Labute approximate surface area is 142 Å². The van der Waals surface area contributed by atoms with E-state index < -0.39 is 17.6 Å². The maximum atomic E-state index is 14.0. The van der Waals surface area contributed by atoms with Crippen molar-refractivity contribution in [2.75, 3.05) is 6.61 Å². The first-order valence-corrected chi connectivity index (χ1v) is 7.67. The summed E-state index contributed by atoms with van der Waals surface area (Å²) < 4.78 is 33.8. The lowest BCUT2D eigenvalue weighted by atomic mass is 10.1. The molecule has 0 fully saturated rings. The number of ether oxygens (including phenoxy) is 1. The van der Waals surface area contributed by atoms with Gasteiger partial charge in [0, 0.05) is 23.5 Å². The normalized spacial score (nSPS) is 10.7. The minimum Gasteiger partial charge on any atom is -0.461 e. The predicted octanol–water partition coefficient (Wildman–Crippen LogP) is 3.45. The number of pyridine rings is 1. The average Bonchev–Trinajstić information content (AvgIpc) is 3.03. The van der Waals surface area contributed by atoms with E-state index in [2.05, 4.69) is 10.1 Å². The highest BCUT2D eigenvalue weighted by atomic mass is 19.1. The van der Waals surface area contributed by atoms with Crippen LogP contribution >= 0.6 is 0 Å². The fourth-order valence-corrected chi connectivity index (χ4v) is 2.42. The molecule has 0 N–H and O–H groups in total. The molecule has 5 nitrogen and oxygen atoms in total. The van der Waals surface area contributed by atoms with E-state index in [1.807, 2.05) is 0 Å². The third-order valence-electron chi connectivity index (χ3n) is 3.57. The standard InChI is InChI=1S/C18H15F2N3O2/c1-2-25-18(24)16-10-17(12-5-7-21-8-6-12)23(22-16)11-13-9-14(19)3-4-15(13)20/h3-10H,2,11H2,1H3. The molecule has 0 aliphatic heterocycles. The SMILES string of the molecule is CCOC(=O)c1cc(-c2ccncc2)n(Cc2cc(F)ccc2F)n1. The number of benzene rings is 1. The van der Waals surface area contributed by atoms with Gasteiger partial charge in [0.1, 0.15) is 11.6 Å². The number of aromatic nitrogens is 3. The lowest BCUT2D eigenvalue weighted by molar-refractivity contribution is 0.0518. The van der Waals surface area contributed by atoms with Crippen molar-refractivity contribution in [3.63, 3.8) is 0 Å². The van der Waals surface area contributed by atoms with Gasteiger partial charge in [0.2, 0.25) is 0 Å². The first-order valence-electron chi connectivity index (χ1n) is 7.67. The van der Waals surface area contributed by atoms with Gasteiger partial charge in [-0.15, -0.1) is 0 Å². The Morgan fingerprint density at radius 2 is 1.92 bits per heavy atom. The number of carbonyl (C=O) groups is 1. The molecule has 0 saturated heterocycles. The number of hydrogen-bond donors (Lipinski definition) is 0. The van der Waals surface area contributed by atoms with Crippen LogP contribution < -0.4 is 0 Å². The molecule has 1 aromatic carbocycles. The summed E-state index contributed by atoms with van der Waals surface area (Å²) in [7, 11) is 0. The van der Waals surface area contributed by atoms with Crippen molar-refractivity contribution in [2.24, 2.45) is 0 Å². The number of nitrogens with zero attached hydrogens (tertiary/aromatic N) is 3. The predicted molar refractivity (Wildman–Crippen MR) is 86.9 cm³/mol. The van der Waals surface area contributed by atoms with Crippen molar-refractivity contribution < 1.29 is 18.3 Å². The quantitative estimate of drug-likeness (QED) is 0.666. The van der Waals surface area contributed by atoms with E-state index in [9.17, 15) is 13.6 Å². The highest BCUT2D eigenvalue weighted by molar-refractivity contribution is 5.88. The lowest BCUT2D eigenvalue weighted by Gasteiger charge is -2.08. The highest BCUT2D eigenvalue weighted by Crippen LogP contribution is 2.22. The fourth-order valence-electron chi connectivity index (χ4n) is 2.42. The molecule has 0 spiro atoms. The summed E-state index contributed by atoms with van der Waals surface area (Å²) in [6.45, 7) is 1.89. The highest BCUT2D eigenvalue weighted by Gasteiger charge is 2.17. The molecule has 2 heterocycles. The number of esters is 1. The number of carbonyl (C=O) groups excluding carboxylic acids is 1. The molecule has 7 heteroatoms. The molecule has 0 atom stereocenters. The van der Waals surface area contributed by atoms with Crippen molar-refractivity contribution in [1.29, 1.82) is 0 Å². The maximum Gasteiger partial charge on any atom is 0.358 e. The van der Waals surface area contributed by atoms with E-state index in [-0.39, 0.29) is 24.4 Å². The van der Waals surface area contributed by atoms with Crippen molar-refractivity contribution in [3.05, 3.63) is 71.7 Å². The zero-order valence-electron chi connectivity index (χ0n) is 13.4. The smallest absolute Gasteiger partial charge is 0.358 e. The van der Waals surface area contributed by atoms with Crippen molar-refractivity contribution in [2.45, 2.75) is 13.5 Å². The van der Waals surface area contributed by atoms with Gasteiger partial charge in [-0.1, -0.05) is 0 Å². The molecule has 0 amide bonds. The summed E-state index contributed by atoms with van der Waals surface area (Å²) in [6, 6.07) is 8.26. The Hall–Kier alpha value is -3.09. The number of hydrogen-bond acceptors (Lipinski definition) is 4. The van der Waals surface area contributed by atoms with Gasteiger partial charge >= 0.3 is 5.97 Å². The van der Waals surface area contributed by atoms with E-state index in [0.29, 0.717) is 5.69 Å². The largest absolute Gasteiger partial charge is 0.461 e. The molecule has 0 radical (unpaired) electrons. The summed E-state index contributed by atoms with van der Waals surface area (Å²) in [4.78, 5) is 15.9. The number of rotatable bonds is 5. The van der Waals surface area contributed by atoms with Crippen molar-refractivity contribution in [1.82, 2.24) is 14.8 Å². The third-order valence-corrected chi connectivity index (χ3v) is 3.57. The Morgan fingerprint density at radius 1 is 1.16 bits per heavy atom. The first kappa shape index (κ1) is 16.8. The van der Waals surface area contributed by atoms with E-state index in [0.717, 1.165) is 23.8 Å². The van der Waals surface area contributed by atoms with E-state index in [4.69, 9.17) is 4.74 Å². The zero-order valence-corrected chi connectivity index (χ0v) is 13.4. The van der Waals surface area contributed by atoms with Crippen LogP contribution in [0.1, 0.15) is 23.0 Å². The minimum atomic E-state index is -0.573. The van der Waals surface area contributed by atoms with Gasteiger partial charge in [0.15, 0.2) is 5.69 Å². The summed E-state index contributed by atoms with van der Waals surface area (Å²) in [6.07, 6.45) is 3.19. The second kappa shape index (κ2) is 7.21. The van der Waals surface area contributed by atoms with Crippen LogP contribution in [0.2, 0.25) is 0 Å². The van der Waals surface area contributed by atoms with Crippen LogP contribution in [0.15, 0.2) is 48.8 Å².